The smallest absolute Gasteiger partial charge is 0.123 e. The van der Waals surface area contributed by atoms with Crippen LogP contribution >= 0.6 is 11.6 Å². The highest BCUT2D eigenvalue weighted by molar-refractivity contribution is 6.30. The number of hydrogen-bond acceptors (Lipinski definition) is 3. The molecule has 0 aliphatic carbocycles. The number of aromatic nitrogens is 2. The predicted octanol–water partition coefficient (Wildman–Crippen LogP) is 3.87. The second-order valence-electron chi connectivity index (χ2n) is 5.40. The van der Waals surface area contributed by atoms with Crippen LogP contribution in [0.4, 0.5) is 10.1 Å². The molecule has 3 aromatic rings. The van der Waals surface area contributed by atoms with Crippen molar-refractivity contribution in [3.63, 3.8) is 0 Å². The molecular weight excluding hydrogens is 329 g/mol. The van der Waals surface area contributed by atoms with Crippen LogP contribution in [0.15, 0.2) is 60.9 Å². The summed E-state index contributed by atoms with van der Waals surface area (Å²) >= 11 is 5.97. The Morgan fingerprint density at radius 2 is 1.71 bits per heavy atom. The van der Waals surface area contributed by atoms with Gasteiger partial charge in [0.2, 0.25) is 0 Å². The Kier molecular flexibility index (Phi) is 5.13. The van der Waals surface area contributed by atoms with Gasteiger partial charge in [0.05, 0.1) is 31.1 Å². The van der Waals surface area contributed by atoms with Gasteiger partial charge in [-0.3, -0.25) is 4.68 Å². The van der Waals surface area contributed by atoms with Gasteiger partial charge < -0.3 is 10.4 Å². The molecule has 0 aliphatic rings. The van der Waals surface area contributed by atoms with Gasteiger partial charge in [0.1, 0.15) is 5.82 Å². The Morgan fingerprint density at radius 3 is 2.33 bits per heavy atom. The van der Waals surface area contributed by atoms with Gasteiger partial charge in [-0.25, -0.2) is 4.39 Å². The van der Waals surface area contributed by atoms with Gasteiger partial charge in [-0.05, 0) is 35.4 Å². The third-order valence-corrected chi connectivity index (χ3v) is 3.93. The van der Waals surface area contributed by atoms with Crippen molar-refractivity contribution in [2.75, 3.05) is 11.9 Å². The molecule has 24 heavy (non-hydrogen) atoms. The standard InChI is InChI=1S/C18H17ClFN3O/c19-15-5-1-13(2-6-15)18(14-3-7-16(20)8-4-14)22-17-11-21-23(12-17)9-10-24/h1-8,11-12,18,22,24H,9-10H2. The summed E-state index contributed by atoms with van der Waals surface area (Å²) in [7, 11) is 0. The van der Waals surface area contributed by atoms with Gasteiger partial charge in [-0.15, -0.1) is 0 Å². The molecule has 1 unspecified atom stereocenters. The van der Waals surface area contributed by atoms with E-state index in [9.17, 15) is 4.39 Å². The average molecular weight is 346 g/mol. The van der Waals surface area contributed by atoms with Crippen molar-refractivity contribution in [1.29, 1.82) is 0 Å². The number of rotatable bonds is 6. The summed E-state index contributed by atoms with van der Waals surface area (Å²) in [4.78, 5) is 0. The molecule has 0 aliphatic heterocycles. The average Bonchev–Trinajstić information content (AvgIpc) is 3.02. The Hall–Kier alpha value is -2.37. The number of nitrogens with zero attached hydrogens (tertiary/aromatic N) is 2. The fourth-order valence-electron chi connectivity index (χ4n) is 2.50. The molecule has 0 radical (unpaired) electrons. The molecule has 124 valence electrons. The van der Waals surface area contributed by atoms with Crippen LogP contribution in [0.5, 0.6) is 0 Å². The topological polar surface area (TPSA) is 50.1 Å². The third-order valence-electron chi connectivity index (χ3n) is 3.68. The summed E-state index contributed by atoms with van der Waals surface area (Å²) in [6.45, 7) is 0.462. The highest BCUT2D eigenvalue weighted by Crippen LogP contribution is 2.27. The van der Waals surface area contributed by atoms with E-state index in [0.29, 0.717) is 11.6 Å². The first-order valence-electron chi connectivity index (χ1n) is 7.56. The predicted molar refractivity (Wildman–Crippen MR) is 92.6 cm³/mol. The van der Waals surface area contributed by atoms with Crippen LogP contribution in [0.2, 0.25) is 5.02 Å². The van der Waals surface area contributed by atoms with Crippen molar-refractivity contribution in [3.05, 3.63) is 82.9 Å². The minimum atomic E-state index is -0.274. The molecule has 1 aromatic heterocycles. The normalized spacial score (nSPS) is 12.1. The summed E-state index contributed by atoms with van der Waals surface area (Å²) in [6.07, 6.45) is 3.52. The van der Waals surface area contributed by atoms with Crippen molar-refractivity contribution in [2.45, 2.75) is 12.6 Å². The summed E-state index contributed by atoms with van der Waals surface area (Å²) in [5.41, 5.74) is 2.74. The first-order chi connectivity index (χ1) is 11.7. The Balaban J connectivity index is 1.91. The molecule has 2 aromatic carbocycles. The molecule has 1 atom stereocenters. The summed E-state index contributed by atoms with van der Waals surface area (Å²) < 4.78 is 14.9. The maximum absolute atomic E-state index is 13.2. The highest BCUT2D eigenvalue weighted by Gasteiger charge is 2.15. The molecule has 4 nitrogen and oxygen atoms in total. The highest BCUT2D eigenvalue weighted by atomic mass is 35.5. The van der Waals surface area contributed by atoms with Gasteiger partial charge >= 0.3 is 0 Å². The molecule has 0 amide bonds. The lowest BCUT2D eigenvalue weighted by atomic mass is 9.98. The monoisotopic (exact) mass is 345 g/mol. The fraction of sp³-hybridized carbons (Fsp3) is 0.167. The molecule has 6 heteroatoms. The molecule has 0 bridgehead atoms. The Morgan fingerprint density at radius 1 is 1.08 bits per heavy atom. The number of anilines is 1. The van der Waals surface area contributed by atoms with Gasteiger partial charge in [0.15, 0.2) is 0 Å². The molecule has 0 spiro atoms. The first kappa shape index (κ1) is 16.5. The van der Waals surface area contributed by atoms with Crippen LogP contribution in [-0.2, 0) is 6.54 Å². The van der Waals surface area contributed by atoms with Gasteiger partial charge in [0, 0.05) is 11.2 Å². The number of nitrogens with one attached hydrogen (secondary N) is 1. The van der Waals surface area contributed by atoms with E-state index >= 15 is 0 Å². The van der Waals surface area contributed by atoms with Crippen molar-refractivity contribution < 1.29 is 9.50 Å². The summed E-state index contributed by atoms with van der Waals surface area (Å²) in [5, 5.41) is 17.2. The number of hydrogen-bond donors (Lipinski definition) is 2. The van der Waals surface area contributed by atoms with Crippen LogP contribution in [0.25, 0.3) is 0 Å². The summed E-state index contributed by atoms with van der Waals surface area (Å²) in [6, 6.07) is 13.7. The fourth-order valence-corrected chi connectivity index (χ4v) is 2.63. The van der Waals surface area contributed by atoms with Crippen molar-refractivity contribution in [1.82, 2.24) is 9.78 Å². The van der Waals surface area contributed by atoms with Crippen molar-refractivity contribution >= 4 is 17.3 Å². The lowest BCUT2D eigenvalue weighted by Gasteiger charge is -2.20. The molecule has 0 fully saturated rings. The van der Waals surface area contributed by atoms with E-state index in [1.54, 1.807) is 23.0 Å². The Labute approximate surface area is 144 Å². The van der Waals surface area contributed by atoms with Crippen LogP contribution in [0.1, 0.15) is 17.2 Å². The van der Waals surface area contributed by atoms with Gasteiger partial charge in [-0.2, -0.15) is 5.10 Å². The van der Waals surface area contributed by atoms with E-state index in [0.717, 1.165) is 16.8 Å². The first-order valence-corrected chi connectivity index (χ1v) is 7.94. The molecule has 2 N–H and O–H groups in total. The van der Waals surface area contributed by atoms with E-state index in [1.165, 1.54) is 12.1 Å². The second kappa shape index (κ2) is 7.47. The molecule has 1 heterocycles. The number of aliphatic hydroxyl groups excluding tert-OH is 1. The Bertz CT molecular complexity index is 741. The number of aliphatic hydroxyl groups is 1. The molecule has 3 rings (SSSR count). The lowest BCUT2D eigenvalue weighted by molar-refractivity contribution is 0.269. The SMILES string of the molecule is OCCn1cc(NC(c2ccc(F)cc2)c2ccc(Cl)cc2)cn1. The maximum Gasteiger partial charge on any atom is 0.123 e. The molecule has 0 saturated heterocycles. The van der Waals surface area contributed by atoms with Gasteiger partial charge in [-0.1, -0.05) is 35.9 Å². The summed E-state index contributed by atoms with van der Waals surface area (Å²) in [5.74, 6) is -0.274. The van der Waals surface area contributed by atoms with Crippen molar-refractivity contribution in [2.24, 2.45) is 0 Å². The van der Waals surface area contributed by atoms with Crippen LogP contribution in [-0.4, -0.2) is 21.5 Å². The lowest BCUT2D eigenvalue weighted by Crippen LogP contribution is -2.12. The quantitative estimate of drug-likeness (QED) is 0.713. The third kappa shape index (κ3) is 3.93. The second-order valence-corrected chi connectivity index (χ2v) is 5.83. The number of benzene rings is 2. The van der Waals surface area contributed by atoms with E-state index < -0.39 is 0 Å². The van der Waals surface area contributed by atoms with E-state index in [-0.39, 0.29) is 18.5 Å². The maximum atomic E-state index is 13.2. The van der Waals surface area contributed by atoms with Crippen LogP contribution < -0.4 is 5.32 Å². The zero-order valence-corrected chi connectivity index (χ0v) is 13.6. The number of halogens is 2. The molecular formula is C18H17ClFN3O. The van der Waals surface area contributed by atoms with E-state index in [4.69, 9.17) is 16.7 Å². The largest absolute Gasteiger partial charge is 0.394 e. The zero-order valence-electron chi connectivity index (χ0n) is 12.9. The van der Waals surface area contributed by atoms with Gasteiger partial charge in [0.25, 0.3) is 0 Å². The van der Waals surface area contributed by atoms with E-state index in [2.05, 4.69) is 10.4 Å². The van der Waals surface area contributed by atoms with Crippen LogP contribution in [0.3, 0.4) is 0 Å². The minimum Gasteiger partial charge on any atom is -0.394 e. The molecule has 0 saturated carbocycles. The van der Waals surface area contributed by atoms with E-state index in [1.807, 2.05) is 30.5 Å². The zero-order chi connectivity index (χ0) is 16.9. The van der Waals surface area contributed by atoms with Crippen LogP contribution in [0, 0.1) is 5.82 Å². The minimum absolute atomic E-state index is 0.0275. The van der Waals surface area contributed by atoms with Crippen molar-refractivity contribution in [3.8, 4) is 0 Å².